The van der Waals surface area contributed by atoms with Crippen molar-refractivity contribution in [3.8, 4) is 5.75 Å². The highest BCUT2D eigenvalue weighted by molar-refractivity contribution is 5.91. The number of rotatable bonds is 7. The van der Waals surface area contributed by atoms with Gasteiger partial charge in [-0.2, -0.15) is 0 Å². The second-order valence-corrected chi connectivity index (χ2v) is 6.18. The average molecular weight is 379 g/mol. The molecular formula is C22H21NO5. The molecule has 1 N–H and O–H groups in total. The smallest absolute Gasteiger partial charge is 0.337 e. The van der Waals surface area contributed by atoms with Crippen molar-refractivity contribution in [2.75, 3.05) is 7.11 Å². The SMILES string of the molecule is COC(=O)c1ccc(OCc2ccc(C(=O)NC(C)c3ccccc3)o2)cc1. The van der Waals surface area contributed by atoms with Gasteiger partial charge in [-0.3, -0.25) is 4.79 Å². The molecule has 0 saturated carbocycles. The van der Waals surface area contributed by atoms with Crippen LogP contribution in [-0.2, 0) is 11.3 Å². The maximum Gasteiger partial charge on any atom is 0.337 e. The van der Waals surface area contributed by atoms with Crippen LogP contribution < -0.4 is 10.1 Å². The van der Waals surface area contributed by atoms with E-state index in [1.165, 1.54) is 7.11 Å². The molecule has 0 bridgehead atoms. The number of carbonyl (C=O) groups is 2. The summed E-state index contributed by atoms with van der Waals surface area (Å²) in [6, 6.07) is 19.5. The molecule has 6 nitrogen and oxygen atoms in total. The Bertz CT molecular complexity index is 931. The van der Waals surface area contributed by atoms with Crippen molar-refractivity contribution >= 4 is 11.9 Å². The topological polar surface area (TPSA) is 77.8 Å². The van der Waals surface area contributed by atoms with E-state index >= 15 is 0 Å². The Morgan fingerprint density at radius 2 is 1.71 bits per heavy atom. The zero-order valence-electron chi connectivity index (χ0n) is 15.7. The minimum absolute atomic E-state index is 0.133. The zero-order chi connectivity index (χ0) is 19.9. The van der Waals surface area contributed by atoms with E-state index < -0.39 is 5.97 Å². The van der Waals surface area contributed by atoms with E-state index in [0.717, 1.165) is 5.56 Å². The van der Waals surface area contributed by atoms with Gasteiger partial charge in [0.15, 0.2) is 5.76 Å². The lowest BCUT2D eigenvalue weighted by atomic mass is 10.1. The summed E-state index contributed by atoms with van der Waals surface area (Å²) in [7, 11) is 1.33. The van der Waals surface area contributed by atoms with Gasteiger partial charge in [-0.1, -0.05) is 30.3 Å². The minimum atomic E-state index is -0.405. The Morgan fingerprint density at radius 3 is 2.39 bits per heavy atom. The van der Waals surface area contributed by atoms with Crippen molar-refractivity contribution in [1.29, 1.82) is 0 Å². The Hall–Kier alpha value is -3.54. The third-order valence-electron chi connectivity index (χ3n) is 4.19. The fourth-order valence-corrected chi connectivity index (χ4v) is 2.63. The van der Waals surface area contributed by atoms with Crippen molar-refractivity contribution < 1.29 is 23.5 Å². The summed E-state index contributed by atoms with van der Waals surface area (Å²) in [5, 5.41) is 2.90. The lowest BCUT2D eigenvalue weighted by molar-refractivity contribution is 0.0600. The predicted octanol–water partition coefficient (Wildman–Crippen LogP) is 4.14. The van der Waals surface area contributed by atoms with E-state index in [1.807, 2.05) is 37.3 Å². The number of ether oxygens (including phenoxy) is 2. The van der Waals surface area contributed by atoms with Gasteiger partial charge in [0, 0.05) is 0 Å². The highest BCUT2D eigenvalue weighted by Gasteiger charge is 2.15. The Morgan fingerprint density at radius 1 is 1.00 bits per heavy atom. The van der Waals surface area contributed by atoms with Crippen molar-refractivity contribution in [3.63, 3.8) is 0 Å². The molecule has 0 saturated heterocycles. The molecule has 0 aliphatic carbocycles. The van der Waals surface area contributed by atoms with Crippen LogP contribution in [0, 0.1) is 0 Å². The first kappa shape index (κ1) is 19.2. The summed E-state index contributed by atoms with van der Waals surface area (Å²) in [5.74, 6) is 0.632. The second kappa shape index (κ2) is 8.90. The number of esters is 1. The maximum absolute atomic E-state index is 12.4. The molecule has 1 amide bonds. The molecule has 0 fully saturated rings. The van der Waals surface area contributed by atoms with Gasteiger partial charge in [-0.25, -0.2) is 4.79 Å². The molecule has 3 rings (SSSR count). The highest BCUT2D eigenvalue weighted by atomic mass is 16.5. The van der Waals surface area contributed by atoms with Crippen molar-refractivity contribution in [1.82, 2.24) is 5.32 Å². The molecule has 2 aromatic carbocycles. The third-order valence-corrected chi connectivity index (χ3v) is 4.19. The Labute approximate surface area is 163 Å². The van der Waals surface area contributed by atoms with Gasteiger partial charge < -0.3 is 19.2 Å². The van der Waals surface area contributed by atoms with Crippen LogP contribution in [0.2, 0.25) is 0 Å². The zero-order valence-corrected chi connectivity index (χ0v) is 15.7. The summed E-state index contributed by atoms with van der Waals surface area (Å²) in [6.07, 6.45) is 0. The molecular weight excluding hydrogens is 358 g/mol. The first-order chi connectivity index (χ1) is 13.6. The lowest BCUT2D eigenvalue weighted by Gasteiger charge is -2.13. The van der Waals surface area contributed by atoms with E-state index in [2.05, 4.69) is 10.1 Å². The van der Waals surface area contributed by atoms with E-state index in [9.17, 15) is 9.59 Å². The fraction of sp³-hybridized carbons (Fsp3) is 0.182. The highest BCUT2D eigenvalue weighted by Crippen LogP contribution is 2.17. The molecule has 1 unspecified atom stereocenters. The Kier molecular flexibility index (Phi) is 6.11. The number of benzene rings is 2. The predicted molar refractivity (Wildman–Crippen MR) is 103 cm³/mol. The summed E-state index contributed by atoms with van der Waals surface area (Å²) in [6.45, 7) is 2.08. The van der Waals surface area contributed by atoms with Crippen LogP contribution in [-0.4, -0.2) is 19.0 Å². The number of hydrogen-bond acceptors (Lipinski definition) is 5. The van der Waals surface area contributed by atoms with Crippen LogP contribution in [0.3, 0.4) is 0 Å². The van der Waals surface area contributed by atoms with E-state index in [-0.39, 0.29) is 24.3 Å². The van der Waals surface area contributed by atoms with Gasteiger partial charge in [0.1, 0.15) is 18.1 Å². The van der Waals surface area contributed by atoms with Crippen molar-refractivity contribution in [3.05, 3.63) is 89.4 Å². The van der Waals surface area contributed by atoms with Gasteiger partial charge in [0.25, 0.3) is 5.91 Å². The molecule has 0 spiro atoms. The van der Waals surface area contributed by atoms with Gasteiger partial charge in [-0.05, 0) is 48.9 Å². The summed E-state index contributed by atoms with van der Waals surface area (Å²) in [5.41, 5.74) is 1.46. The van der Waals surface area contributed by atoms with E-state index in [4.69, 9.17) is 9.15 Å². The van der Waals surface area contributed by atoms with Crippen molar-refractivity contribution in [2.45, 2.75) is 19.6 Å². The summed E-state index contributed by atoms with van der Waals surface area (Å²) >= 11 is 0. The summed E-state index contributed by atoms with van der Waals surface area (Å²) in [4.78, 5) is 23.8. The standard InChI is InChI=1S/C22H21NO5/c1-15(16-6-4-3-5-7-16)23-21(24)20-13-12-19(28-20)14-27-18-10-8-17(9-11-18)22(25)26-2/h3-13,15H,14H2,1-2H3,(H,23,24). The molecule has 3 aromatic rings. The quantitative estimate of drug-likeness (QED) is 0.625. The molecule has 1 atom stereocenters. The monoisotopic (exact) mass is 379 g/mol. The molecule has 0 radical (unpaired) electrons. The van der Waals surface area contributed by atoms with Crippen LogP contribution in [0.15, 0.2) is 71.1 Å². The maximum atomic E-state index is 12.4. The van der Waals surface area contributed by atoms with Gasteiger partial charge in [0.05, 0.1) is 18.7 Å². The van der Waals surface area contributed by atoms with E-state index in [0.29, 0.717) is 17.1 Å². The van der Waals surface area contributed by atoms with E-state index in [1.54, 1.807) is 36.4 Å². The largest absolute Gasteiger partial charge is 0.486 e. The molecule has 1 heterocycles. The number of nitrogens with one attached hydrogen (secondary N) is 1. The van der Waals surface area contributed by atoms with Crippen molar-refractivity contribution in [2.24, 2.45) is 0 Å². The number of methoxy groups -OCH3 is 1. The first-order valence-electron chi connectivity index (χ1n) is 8.82. The number of amides is 1. The molecule has 0 aliphatic heterocycles. The van der Waals surface area contributed by atoms with Gasteiger partial charge in [0.2, 0.25) is 0 Å². The molecule has 144 valence electrons. The average Bonchev–Trinajstić information content (AvgIpc) is 3.22. The summed E-state index contributed by atoms with van der Waals surface area (Å²) < 4.78 is 15.9. The van der Waals surface area contributed by atoms with Crippen LogP contribution in [0.5, 0.6) is 5.75 Å². The van der Waals surface area contributed by atoms with Crippen LogP contribution >= 0.6 is 0 Å². The van der Waals surface area contributed by atoms with Gasteiger partial charge in [-0.15, -0.1) is 0 Å². The number of hydrogen-bond donors (Lipinski definition) is 1. The molecule has 0 aliphatic rings. The third kappa shape index (κ3) is 4.79. The molecule has 28 heavy (non-hydrogen) atoms. The van der Waals surface area contributed by atoms with Crippen LogP contribution in [0.1, 0.15) is 45.2 Å². The van der Waals surface area contributed by atoms with Crippen LogP contribution in [0.25, 0.3) is 0 Å². The second-order valence-electron chi connectivity index (χ2n) is 6.18. The Balaban J connectivity index is 1.55. The minimum Gasteiger partial charge on any atom is -0.486 e. The normalized spacial score (nSPS) is 11.5. The lowest BCUT2D eigenvalue weighted by Crippen LogP contribution is -2.26. The van der Waals surface area contributed by atoms with Crippen LogP contribution in [0.4, 0.5) is 0 Å². The number of carbonyl (C=O) groups excluding carboxylic acids is 2. The number of furan rings is 1. The molecule has 1 aromatic heterocycles. The first-order valence-corrected chi connectivity index (χ1v) is 8.82. The van der Waals surface area contributed by atoms with Gasteiger partial charge >= 0.3 is 5.97 Å². The fourth-order valence-electron chi connectivity index (χ4n) is 2.63. The molecule has 6 heteroatoms.